The van der Waals surface area contributed by atoms with E-state index in [1.54, 1.807) is 24.3 Å². The van der Waals surface area contributed by atoms with Gasteiger partial charge in [-0.25, -0.2) is 0 Å². The highest BCUT2D eigenvalue weighted by molar-refractivity contribution is 9.10. The van der Waals surface area contributed by atoms with Crippen LogP contribution >= 0.6 is 31.9 Å². The Labute approximate surface area is 173 Å². The van der Waals surface area contributed by atoms with Crippen molar-refractivity contribution in [3.05, 3.63) is 81.6 Å². The van der Waals surface area contributed by atoms with E-state index in [0.717, 1.165) is 5.56 Å². The van der Waals surface area contributed by atoms with Gasteiger partial charge in [-0.15, -0.1) is 0 Å². The average Bonchev–Trinajstić information content (AvgIpc) is 2.65. The molecule has 134 valence electrons. The maximum atomic E-state index is 13.3. The fraction of sp³-hybridized carbons (Fsp3) is 0.0455. The third kappa shape index (κ3) is 1.78. The lowest BCUT2D eigenvalue weighted by Gasteiger charge is -2.18. The molecule has 4 nitrogen and oxygen atoms in total. The lowest BCUT2D eigenvalue weighted by Crippen LogP contribution is -2.19. The first-order chi connectivity index (χ1) is 13.4. The molecular formula is C22H9Br2NO3. The second-order valence-corrected chi connectivity index (χ2v) is 9.06. The Kier molecular flexibility index (Phi) is 2.97. The number of hydrogen-bond donors (Lipinski definition) is 0. The van der Waals surface area contributed by atoms with E-state index in [-0.39, 0.29) is 16.3 Å². The number of rotatable bonds is 0. The fourth-order valence-corrected chi connectivity index (χ4v) is 5.42. The maximum Gasteiger partial charge on any atom is 0.197 e. The van der Waals surface area contributed by atoms with Gasteiger partial charge in [0.1, 0.15) is 0 Å². The SMILES string of the molecule is Cc1cc2c(=O)c3cc(Br)cc4c(=O)c5cc(Br)cc6c(=O)c(c1)c2n(c34)c65. The molecule has 0 saturated heterocycles. The quantitative estimate of drug-likeness (QED) is 0.225. The van der Waals surface area contributed by atoms with Crippen LogP contribution in [0.5, 0.6) is 0 Å². The molecule has 3 heterocycles. The van der Waals surface area contributed by atoms with Gasteiger partial charge >= 0.3 is 0 Å². The highest BCUT2D eigenvalue weighted by Crippen LogP contribution is 2.34. The summed E-state index contributed by atoms with van der Waals surface area (Å²) in [4.78, 5) is 40.0. The van der Waals surface area contributed by atoms with Crippen LogP contribution in [-0.2, 0) is 0 Å². The van der Waals surface area contributed by atoms with Crippen molar-refractivity contribution in [2.45, 2.75) is 6.92 Å². The zero-order valence-corrected chi connectivity index (χ0v) is 17.6. The molecule has 0 atom stereocenters. The van der Waals surface area contributed by atoms with E-state index in [4.69, 9.17) is 0 Å². The van der Waals surface area contributed by atoms with E-state index < -0.39 is 0 Å². The van der Waals surface area contributed by atoms with Gasteiger partial charge in [0.15, 0.2) is 16.3 Å². The van der Waals surface area contributed by atoms with Gasteiger partial charge in [0.2, 0.25) is 0 Å². The average molecular weight is 495 g/mol. The second-order valence-electron chi connectivity index (χ2n) is 7.23. The van der Waals surface area contributed by atoms with E-state index in [1.165, 1.54) is 0 Å². The van der Waals surface area contributed by atoms with Gasteiger partial charge in [-0.05, 0) is 48.9 Å². The van der Waals surface area contributed by atoms with Crippen LogP contribution in [0.1, 0.15) is 5.56 Å². The van der Waals surface area contributed by atoms with Crippen LogP contribution in [0, 0.1) is 6.92 Å². The van der Waals surface area contributed by atoms with Crippen LogP contribution in [0.3, 0.4) is 0 Å². The minimum atomic E-state index is -0.189. The predicted octanol–water partition coefficient (Wildman–Crippen LogP) is 4.78. The van der Waals surface area contributed by atoms with Crippen molar-refractivity contribution in [3.63, 3.8) is 0 Å². The third-order valence-electron chi connectivity index (χ3n) is 5.54. The first-order valence-electron chi connectivity index (χ1n) is 8.63. The summed E-state index contributed by atoms with van der Waals surface area (Å²) in [5.74, 6) is 0. The Morgan fingerprint density at radius 2 is 0.857 bits per heavy atom. The normalized spacial score (nSPS) is 12.5. The summed E-state index contributed by atoms with van der Waals surface area (Å²) in [6, 6.07) is 10.6. The topological polar surface area (TPSA) is 55.6 Å². The van der Waals surface area contributed by atoms with E-state index in [0.29, 0.717) is 57.8 Å². The predicted molar refractivity (Wildman–Crippen MR) is 120 cm³/mol. The van der Waals surface area contributed by atoms with Crippen molar-refractivity contribution >= 4 is 80.7 Å². The minimum Gasteiger partial charge on any atom is -0.306 e. The molecule has 0 unspecified atom stereocenters. The summed E-state index contributed by atoms with van der Waals surface area (Å²) in [5, 5.41) is 2.84. The lowest BCUT2D eigenvalue weighted by atomic mass is 9.97. The third-order valence-corrected chi connectivity index (χ3v) is 6.46. The van der Waals surface area contributed by atoms with Crippen molar-refractivity contribution in [3.8, 4) is 0 Å². The Morgan fingerprint density at radius 3 is 1.18 bits per heavy atom. The number of halogens is 2. The number of aromatic nitrogens is 1. The Balaban J connectivity index is 2.24. The Morgan fingerprint density at radius 1 is 0.571 bits per heavy atom. The van der Waals surface area contributed by atoms with Gasteiger partial charge < -0.3 is 4.40 Å². The molecule has 0 aliphatic heterocycles. The molecule has 28 heavy (non-hydrogen) atoms. The number of nitrogens with zero attached hydrogens (tertiary/aromatic N) is 1. The highest BCUT2D eigenvalue weighted by atomic mass is 79.9. The first-order valence-corrected chi connectivity index (χ1v) is 10.2. The molecule has 0 spiro atoms. The van der Waals surface area contributed by atoms with Gasteiger partial charge in [0.05, 0.1) is 16.6 Å². The molecule has 0 bridgehead atoms. The molecule has 3 aromatic heterocycles. The Hall–Kier alpha value is -2.57. The molecule has 0 aliphatic carbocycles. The van der Waals surface area contributed by atoms with Crippen molar-refractivity contribution in [1.82, 2.24) is 4.40 Å². The number of pyridine rings is 3. The summed E-state index contributed by atoms with van der Waals surface area (Å²) in [6.07, 6.45) is 0. The summed E-state index contributed by atoms with van der Waals surface area (Å²) in [6.45, 7) is 1.88. The number of hydrogen-bond acceptors (Lipinski definition) is 3. The first kappa shape index (κ1) is 16.4. The van der Waals surface area contributed by atoms with E-state index in [9.17, 15) is 14.4 Å². The van der Waals surface area contributed by atoms with Crippen LogP contribution in [-0.4, -0.2) is 4.40 Å². The largest absolute Gasteiger partial charge is 0.306 e. The summed E-state index contributed by atoms with van der Waals surface area (Å²) in [5.41, 5.74) is 2.04. The molecule has 0 radical (unpaired) electrons. The van der Waals surface area contributed by atoms with Crippen LogP contribution in [0.15, 0.2) is 59.7 Å². The van der Waals surface area contributed by atoms with E-state index >= 15 is 0 Å². The van der Waals surface area contributed by atoms with Gasteiger partial charge in [-0.2, -0.15) is 0 Å². The number of benzene rings is 3. The van der Waals surface area contributed by atoms with Gasteiger partial charge in [-0.1, -0.05) is 31.9 Å². The summed E-state index contributed by atoms with van der Waals surface area (Å²) >= 11 is 6.88. The van der Waals surface area contributed by atoms with Gasteiger partial charge in [-0.3, -0.25) is 14.4 Å². The van der Waals surface area contributed by atoms with Crippen LogP contribution in [0.4, 0.5) is 0 Å². The summed E-state index contributed by atoms with van der Waals surface area (Å²) in [7, 11) is 0. The molecule has 3 aromatic carbocycles. The highest BCUT2D eigenvalue weighted by Gasteiger charge is 2.23. The molecule has 0 aliphatic rings. The molecule has 6 aromatic rings. The van der Waals surface area contributed by atoms with Crippen molar-refractivity contribution in [2.75, 3.05) is 0 Å². The zero-order valence-electron chi connectivity index (χ0n) is 14.4. The Bertz CT molecular complexity index is 1490. The van der Waals surface area contributed by atoms with Crippen molar-refractivity contribution in [2.24, 2.45) is 0 Å². The van der Waals surface area contributed by atoms with Crippen LogP contribution in [0.25, 0.3) is 48.9 Å². The molecule has 0 saturated carbocycles. The fourth-order valence-electron chi connectivity index (χ4n) is 4.51. The molecule has 0 fully saturated rings. The number of aryl methyl sites for hydroxylation is 1. The summed E-state index contributed by atoms with van der Waals surface area (Å²) < 4.78 is 3.28. The molecule has 0 N–H and O–H groups in total. The smallest absolute Gasteiger partial charge is 0.197 e. The molecule has 0 amide bonds. The molecular weight excluding hydrogens is 486 g/mol. The monoisotopic (exact) mass is 493 g/mol. The second kappa shape index (κ2) is 5.07. The van der Waals surface area contributed by atoms with Gasteiger partial charge in [0.25, 0.3) is 0 Å². The lowest BCUT2D eigenvalue weighted by molar-refractivity contribution is 1.30. The molecule has 6 heteroatoms. The van der Waals surface area contributed by atoms with E-state index in [2.05, 4.69) is 31.9 Å². The standard InChI is InChI=1S/C22H9Br2NO3/c1-8-2-11-17-12(3-8)21(27)14-5-10(24)7-16-19(14)25(17)18-13(20(11)26)4-9(23)6-15(18)22(16)28/h2-7H,1H3. The zero-order chi connectivity index (χ0) is 19.5. The van der Waals surface area contributed by atoms with Crippen LogP contribution in [0.2, 0.25) is 0 Å². The van der Waals surface area contributed by atoms with E-state index in [1.807, 2.05) is 23.5 Å². The maximum absolute atomic E-state index is 13.3. The van der Waals surface area contributed by atoms with Crippen molar-refractivity contribution < 1.29 is 0 Å². The van der Waals surface area contributed by atoms with Crippen LogP contribution < -0.4 is 16.3 Å². The molecule has 6 rings (SSSR count). The van der Waals surface area contributed by atoms with Gasteiger partial charge in [0, 0.05) is 41.3 Å². The van der Waals surface area contributed by atoms with Crippen molar-refractivity contribution in [1.29, 1.82) is 0 Å². The minimum absolute atomic E-state index is 0.168.